The van der Waals surface area contributed by atoms with E-state index in [9.17, 15) is 30.5 Å². The zero-order valence-corrected chi connectivity index (χ0v) is 69.2. The average Bonchev–Trinajstić information content (AvgIpc) is 0.845. The number of nitro groups is 1. The fraction of sp³-hybridized carbons (Fsp3) is 0.416. The first-order valence-corrected chi connectivity index (χ1v) is 38.2. The number of likely N-dealkylation sites (N-methyl/N-ethyl adjacent to an activating group) is 4. The van der Waals surface area contributed by atoms with Gasteiger partial charge >= 0.3 is 0 Å². The Labute approximate surface area is 664 Å². The Morgan fingerprint density at radius 1 is 0.514 bits per heavy atom. The number of aliphatic hydroxyl groups is 4. The van der Waals surface area contributed by atoms with Gasteiger partial charge in [0.1, 0.15) is 11.5 Å². The third kappa shape index (κ3) is 43.6. The first-order valence-electron chi connectivity index (χ1n) is 38.2. The van der Waals surface area contributed by atoms with Crippen molar-refractivity contribution in [1.82, 2.24) is 57.7 Å². The van der Waals surface area contributed by atoms with Crippen molar-refractivity contribution in [2.75, 3.05) is 164 Å². The molecule has 0 amide bonds. The summed E-state index contributed by atoms with van der Waals surface area (Å²) in [5.41, 5.74) is 9.03. The Hall–Kier alpha value is -8.76. The summed E-state index contributed by atoms with van der Waals surface area (Å²) >= 11 is 0. The predicted molar refractivity (Wildman–Crippen MR) is 462 cm³/mol. The van der Waals surface area contributed by atoms with Crippen LogP contribution < -0.4 is 62.1 Å². The molecule has 14 N–H and O–H groups in total. The molecule has 612 valence electrons. The van der Waals surface area contributed by atoms with Gasteiger partial charge in [-0.1, -0.05) is 202 Å². The number of hydrogen-bond donors (Lipinski definition) is 14. The van der Waals surface area contributed by atoms with Gasteiger partial charge in [0, 0.05) is 50.9 Å². The van der Waals surface area contributed by atoms with Gasteiger partial charge < -0.3 is 92.5 Å². The van der Waals surface area contributed by atoms with E-state index in [-0.39, 0.29) is 41.2 Å². The van der Waals surface area contributed by atoms with Crippen LogP contribution >= 0.6 is 0 Å². The molecule has 1 fully saturated rings. The predicted octanol–water partition coefficient (Wildman–Crippen LogP) is 11.7. The van der Waals surface area contributed by atoms with Crippen LogP contribution in [-0.2, 0) is 19.5 Å². The van der Waals surface area contributed by atoms with Crippen LogP contribution in [0.4, 0.5) is 5.69 Å². The Balaban J connectivity index is 0.000000632. The summed E-state index contributed by atoms with van der Waals surface area (Å²) in [6, 6.07) is 73.6. The molecule has 9 aromatic rings. The molecule has 0 radical (unpaired) electrons. The minimum Gasteiger partial charge on any atom is -0.504 e. The zero-order valence-electron chi connectivity index (χ0n) is 69.2. The molecule has 1 aliphatic rings. The summed E-state index contributed by atoms with van der Waals surface area (Å²) in [4.78, 5) is 14.5. The first-order chi connectivity index (χ1) is 53.8. The Morgan fingerprint density at radius 3 is 1.38 bits per heavy atom. The quantitative estimate of drug-likeness (QED) is 0.0153. The molecule has 22 heteroatoms. The number of ether oxygens (including phenoxy) is 3. The molecule has 1 aliphatic heterocycles. The monoisotopic (exact) mass is 1530 g/mol. The lowest BCUT2D eigenvalue weighted by atomic mass is 9.99. The highest BCUT2D eigenvalue weighted by Gasteiger charge is 2.21. The molecular formula is C89H136N12O10. The molecule has 0 spiro atoms. The molecule has 3 unspecified atom stereocenters. The van der Waals surface area contributed by atoms with Crippen LogP contribution in [0.1, 0.15) is 102 Å². The molecule has 22 nitrogen and oxygen atoms in total. The van der Waals surface area contributed by atoms with Gasteiger partial charge in [0.2, 0.25) is 0 Å². The summed E-state index contributed by atoms with van der Waals surface area (Å²) in [6.07, 6.45) is 2.76. The number of nitro benzene ring substituents is 1. The van der Waals surface area contributed by atoms with Crippen molar-refractivity contribution in [2.24, 2.45) is 0 Å². The maximum atomic E-state index is 10.3. The van der Waals surface area contributed by atoms with Gasteiger partial charge in [-0.2, -0.15) is 0 Å². The number of phenolic OH excluding ortho intramolecular Hbond substituents is 1. The number of non-ortho nitro benzene ring substituents is 1. The van der Waals surface area contributed by atoms with Crippen LogP contribution in [0.2, 0.25) is 0 Å². The standard InChI is InChI=1S/C15H24N2O2.C14H15N.C12H13N.C10H15NO3.C10H15NO.C9H12N2O2.C9H13NO.C4H11N.C3H9NO.C3H9N/c1-16-12-7-9-17(10-8-12)11-13-14(18-2)5-4-6-15(13)19-3;1-15-14(12-8-4-2-5-9-12)13-10-6-3-7-11-13;1-13-9-11-7-4-6-10-5-2-3-8-12(10)11;1-11-6-9(13)7-3-4-8(12)10(5-7)14-2;1-11-8-7-10(12)9-5-3-2-4-6-9;1-10-7-6-8-2-4-9(5-3-8)11(12)13;1-10-7-9(11)8-5-3-2-4-6-8;1-4-5(2)3;1-4-2-3-5;1-3-4-2/h4-6,12,16H,7-11H2,1-3H3;2-11,14-15H,1H3;2-8,13H,9H2,1H3;3-5,9,11-13H,6H2,1-2H3;2-6,10-12H,7-8H2,1H3;2-5,10H,6-7H2,1H3;2-6,9-11H,7H2,1H3;4H2,1-3H3;4-5H,2-3H2,1H3;4H,3H2,1-2H3. The molecule has 1 heterocycles. The first kappa shape index (κ1) is 100. The minimum atomic E-state index is -0.588. The molecule has 0 bridgehead atoms. The van der Waals surface area contributed by atoms with Crippen molar-refractivity contribution in [3.63, 3.8) is 0 Å². The van der Waals surface area contributed by atoms with Crippen molar-refractivity contribution >= 4 is 16.5 Å². The van der Waals surface area contributed by atoms with Crippen molar-refractivity contribution < 1.29 is 44.7 Å². The smallest absolute Gasteiger partial charge is 0.269 e. The highest BCUT2D eigenvalue weighted by atomic mass is 16.6. The van der Waals surface area contributed by atoms with Crippen molar-refractivity contribution in [2.45, 2.75) is 83.0 Å². The third-order valence-corrected chi connectivity index (χ3v) is 17.3. The van der Waals surface area contributed by atoms with Crippen LogP contribution in [0.5, 0.6) is 23.0 Å². The highest BCUT2D eigenvalue weighted by Crippen LogP contribution is 2.31. The van der Waals surface area contributed by atoms with Crippen molar-refractivity contribution in [1.29, 1.82) is 0 Å². The van der Waals surface area contributed by atoms with E-state index in [4.69, 9.17) is 19.3 Å². The van der Waals surface area contributed by atoms with E-state index >= 15 is 0 Å². The van der Waals surface area contributed by atoms with E-state index in [1.54, 1.807) is 52.6 Å². The van der Waals surface area contributed by atoms with E-state index < -0.39 is 6.10 Å². The van der Waals surface area contributed by atoms with E-state index in [1.807, 2.05) is 140 Å². The largest absolute Gasteiger partial charge is 0.504 e. The fourth-order valence-corrected chi connectivity index (χ4v) is 10.6. The molecular weight excluding hydrogens is 1400 g/mol. The van der Waals surface area contributed by atoms with Gasteiger partial charge in [-0.15, -0.1) is 0 Å². The third-order valence-electron chi connectivity index (χ3n) is 17.3. The molecule has 1 saturated heterocycles. The second-order valence-electron chi connectivity index (χ2n) is 25.7. The van der Waals surface area contributed by atoms with Gasteiger partial charge in [-0.05, 0) is 216 Å². The normalized spacial score (nSPS) is 12.1. The minimum absolute atomic E-state index is 0.0768. The number of fused-ring (bicyclic) bond motifs is 1. The number of nitrogens with one attached hydrogen (secondary N) is 9. The van der Waals surface area contributed by atoms with E-state index in [0.29, 0.717) is 37.0 Å². The van der Waals surface area contributed by atoms with Gasteiger partial charge in [0.15, 0.2) is 11.5 Å². The molecule has 9 aromatic carbocycles. The summed E-state index contributed by atoms with van der Waals surface area (Å²) in [6.45, 7) is 14.2. The SMILES string of the molecule is CCN(C)C.CCNC.CNC(c1ccccc1)c1ccccc1.CNC1CCN(Cc2c(OC)cccc2OC)CC1.CNCC(O)c1ccc(O)c(OC)c1.CNCC(O)c1ccccc1.CNCCC(O)c1ccccc1.CNCCO.CNCCc1ccc([N+](=O)[O-])cc1.CNCc1cccc2ccccc12. The van der Waals surface area contributed by atoms with E-state index in [0.717, 1.165) is 99.0 Å². The Kier molecular flexibility index (Phi) is 58.6. The maximum absolute atomic E-state index is 10.3. The van der Waals surface area contributed by atoms with Crippen LogP contribution in [0.15, 0.2) is 224 Å². The topological polar surface area (TPSA) is 287 Å². The van der Waals surface area contributed by atoms with Crippen molar-refractivity contribution in [3.05, 3.63) is 279 Å². The Bertz CT molecular complexity index is 3590. The fourth-order valence-electron chi connectivity index (χ4n) is 10.6. The summed E-state index contributed by atoms with van der Waals surface area (Å²) < 4.78 is 15.8. The van der Waals surface area contributed by atoms with E-state index in [2.05, 4.69) is 177 Å². The lowest BCUT2D eigenvalue weighted by Crippen LogP contribution is -2.40. The van der Waals surface area contributed by atoms with Gasteiger partial charge in [-0.25, -0.2) is 0 Å². The average molecular weight is 1530 g/mol. The number of likely N-dealkylation sites (tertiary alicyclic amines) is 1. The van der Waals surface area contributed by atoms with Crippen molar-refractivity contribution in [3.8, 4) is 23.0 Å². The zero-order chi connectivity index (χ0) is 82.2. The number of phenols is 1. The molecule has 0 saturated carbocycles. The van der Waals surface area contributed by atoms with Crippen LogP contribution in [0.25, 0.3) is 10.8 Å². The molecule has 111 heavy (non-hydrogen) atoms. The van der Waals surface area contributed by atoms with Gasteiger partial charge in [0.05, 0.1) is 62.8 Å². The maximum Gasteiger partial charge on any atom is 0.269 e. The second kappa shape index (κ2) is 64.9. The number of nitrogens with zero attached hydrogens (tertiary/aromatic N) is 3. The van der Waals surface area contributed by atoms with E-state index in [1.165, 1.54) is 65.6 Å². The number of hydrogen-bond acceptors (Lipinski definition) is 21. The van der Waals surface area contributed by atoms with Gasteiger partial charge in [-0.3, -0.25) is 15.0 Å². The lowest BCUT2D eigenvalue weighted by Gasteiger charge is -2.32. The number of aromatic hydroxyl groups is 1. The number of piperidine rings is 1. The number of aliphatic hydroxyl groups excluding tert-OH is 4. The number of methoxy groups -OCH3 is 3. The second-order valence-corrected chi connectivity index (χ2v) is 25.7. The molecule has 3 atom stereocenters. The van der Waals surface area contributed by atoms with Crippen LogP contribution in [0, 0.1) is 10.1 Å². The molecule has 0 aromatic heterocycles. The summed E-state index contributed by atoms with van der Waals surface area (Å²) in [5.74, 6) is 2.27. The molecule has 10 rings (SSSR count). The van der Waals surface area contributed by atoms with Crippen LogP contribution in [-0.4, -0.2) is 211 Å². The van der Waals surface area contributed by atoms with Gasteiger partial charge in [0.25, 0.3) is 5.69 Å². The highest BCUT2D eigenvalue weighted by molar-refractivity contribution is 5.85. The lowest BCUT2D eigenvalue weighted by molar-refractivity contribution is -0.384. The number of rotatable bonds is 29. The number of benzene rings is 9. The van der Waals surface area contributed by atoms with Crippen LogP contribution in [0.3, 0.4) is 0 Å². The summed E-state index contributed by atoms with van der Waals surface area (Å²) in [5, 5.41) is 86.4. The summed E-state index contributed by atoms with van der Waals surface area (Å²) in [7, 11) is 26.1. The molecule has 0 aliphatic carbocycles. The Morgan fingerprint density at radius 2 is 0.964 bits per heavy atom.